The first kappa shape index (κ1) is 16.0. The summed E-state index contributed by atoms with van der Waals surface area (Å²) < 4.78 is 4.92. The van der Waals surface area contributed by atoms with Crippen LogP contribution in [0.3, 0.4) is 0 Å². The van der Waals surface area contributed by atoms with Crippen LogP contribution in [-0.4, -0.2) is 35.7 Å². The van der Waals surface area contributed by atoms with Gasteiger partial charge in [0.1, 0.15) is 0 Å². The predicted octanol–water partition coefficient (Wildman–Crippen LogP) is 1.84. The van der Waals surface area contributed by atoms with E-state index in [9.17, 15) is 14.7 Å². The van der Waals surface area contributed by atoms with Gasteiger partial charge < -0.3 is 15.2 Å². The Kier molecular flexibility index (Phi) is 5.79. The number of aliphatic hydroxyl groups is 1. The Balaban J connectivity index is 1.61. The van der Waals surface area contributed by atoms with Crippen LogP contribution >= 0.6 is 0 Å². The number of allylic oxidation sites excluding steroid dienone is 1. The van der Waals surface area contributed by atoms with Gasteiger partial charge in [-0.25, -0.2) is 4.79 Å². The molecule has 0 aromatic heterocycles. The number of hydrogen-bond acceptors (Lipinski definition) is 4. The fraction of sp³-hybridized carbons (Fsp3) is 0.750. The molecule has 1 saturated carbocycles. The van der Waals surface area contributed by atoms with Crippen LogP contribution in [0.2, 0.25) is 0 Å². The van der Waals surface area contributed by atoms with Crippen molar-refractivity contribution in [1.82, 2.24) is 5.32 Å². The zero-order chi connectivity index (χ0) is 15.1. The van der Waals surface area contributed by atoms with Crippen LogP contribution < -0.4 is 5.32 Å². The molecular formula is C16H25NO4. The summed E-state index contributed by atoms with van der Waals surface area (Å²) in [4.78, 5) is 23.4. The molecule has 0 aromatic carbocycles. The van der Waals surface area contributed by atoms with Gasteiger partial charge in [0.05, 0.1) is 0 Å². The maximum Gasteiger partial charge on any atom is 0.338 e. The normalized spacial score (nSPS) is 20.7. The van der Waals surface area contributed by atoms with Crippen molar-refractivity contribution >= 4 is 11.9 Å². The van der Waals surface area contributed by atoms with Crippen molar-refractivity contribution in [3.8, 4) is 0 Å². The second-order valence-electron chi connectivity index (χ2n) is 6.02. The molecule has 0 spiro atoms. The Bertz CT molecular complexity index is 411. The van der Waals surface area contributed by atoms with E-state index in [4.69, 9.17) is 4.74 Å². The summed E-state index contributed by atoms with van der Waals surface area (Å²) in [6.45, 7) is 0.271. The van der Waals surface area contributed by atoms with Gasteiger partial charge in [-0.2, -0.15) is 0 Å². The molecule has 0 atom stereocenters. The van der Waals surface area contributed by atoms with Crippen LogP contribution in [0.15, 0.2) is 11.6 Å². The Hall–Kier alpha value is -1.36. The van der Waals surface area contributed by atoms with Gasteiger partial charge in [-0.05, 0) is 57.8 Å². The van der Waals surface area contributed by atoms with E-state index in [1.165, 1.54) is 18.4 Å². The van der Waals surface area contributed by atoms with Crippen LogP contribution in [0.25, 0.3) is 0 Å². The molecule has 5 heteroatoms. The predicted molar refractivity (Wildman–Crippen MR) is 78.6 cm³/mol. The van der Waals surface area contributed by atoms with E-state index >= 15 is 0 Å². The Morgan fingerprint density at radius 1 is 1.24 bits per heavy atom. The van der Waals surface area contributed by atoms with Gasteiger partial charge in [0.2, 0.25) is 0 Å². The Morgan fingerprint density at radius 2 is 2.00 bits per heavy atom. The molecule has 2 rings (SSSR count). The van der Waals surface area contributed by atoms with Gasteiger partial charge in [0.15, 0.2) is 12.2 Å². The molecule has 0 aliphatic heterocycles. The number of rotatable bonds is 6. The van der Waals surface area contributed by atoms with Gasteiger partial charge >= 0.3 is 5.97 Å². The van der Waals surface area contributed by atoms with Gasteiger partial charge in [-0.1, -0.05) is 11.6 Å². The topological polar surface area (TPSA) is 75.6 Å². The smallest absolute Gasteiger partial charge is 0.338 e. The highest BCUT2D eigenvalue weighted by atomic mass is 16.6. The number of hydrogen-bond donors (Lipinski definition) is 2. The molecule has 2 aliphatic carbocycles. The first-order chi connectivity index (χ1) is 10.1. The lowest BCUT2D eigenvalue weighted by Crippen LogP contribution is -2.39. The van der Waals surface area contributed by atoms with E-state index in [-0.39, 0.29) is 12.5 Å². The van der Waals surface area contributed by atoms with Crippen LogP contribution in [0.4, 0.5) is 0 Å². The second kappa shape index (κ2) is 7.59. The maximum absolute atomic E-state index is 11.7. The van der Waals surface area contributed by atoms with E-state index in [1.807, 2.05) is 0 Å². The SMILES string of the molecule is O=C(COC(=O)C1(O)CCCC1)NCCC1=CCCCC1. The third-order valence-electron chi connectivity index (χ3n) is 4.30. The lowest BCUT2D eigenvalue weighted by atomic mass is 9.97. The second-order valence-corrected chi connectivity index (χ2v) is 6.02. The van der Waals surface area contributed by atoms with E-state index in [0.717, 1.165) is 32.1 Å². The summed E-state index contributed by atoms with van der Waals surface area (Å²) >= 11 is 0. The van der Waals surface area contributed by atoms with Crippen molar-refractivity contribution in [2.24, 2.45) is 0 Å². The van der Waals surface area contributed by atoms with Crippen LogP contribution in [0.1, 0.15) is 57.8 Å². The minimum absolute atomic E-state index is 0.304. The van der Waals surface area contributed by atoms with Crippen LogP contribution in [0, 0.1) is 0 Å². The van der Waals surface area contributed by atoms with Crippen molar-refractivity contribution in [1.29, 1.82) is 0 Å². The molecule has 0 saturated heterocycles. The van der Waals surface area contributed by atoms with E-state index < -0.39 is 11.6 Å². The zero-order valence-electron chi connectivity index (χ0n) is 12.5. The summed E-state index contributed by atoms with van der Waals surface area (Å²) in [7, 11) is 0. The molecule has 0 heterocycles. The lowest BCUT2D eigenvalue weighted by Gasteiger charge is -2.19. The maximum atomic E-state index is 11.7. The molecule has 118 valence electrons. The van der Waals surface area contributed by atoms with Crippen molar-refractivity contribution in [3.05, 3.63) is 11.6 Å². The Labute approximate surface area is 125 Å². The molecule has 5 nitrogen and oxygen atoms in total. The van der Waals surface area contributed by atoms with Crippen molar-refractivity contribution < 1.29 is 19.4 Å². The number of carbonyl (C=O) groups is 2. The summed E-state index contributed by atoms with van der Waals surface area (Å²) in [6, 6.07) is 0. The van der Waals surface area contributed by atoms with Crippen LogP contribution in [0.5, 0.6) is 0 Å². The Morgan fingerprint density at radius 3 is 2.67 bits per heavy atom. The van der Waals surface area contributed by atoms with Crippen molar-refractivity contribution in [2.75, 3.05) is 13.2 Å². The molecule has 0 unspecified atom stereocenters. The lowest BCUT2D eigenvalue weighted by molar-refractivity contribution is -0.167. The fourth-order valence-electron chi connectivity index (χ4n) is 2.97. The first-order valence-corrected chi connectivity index (χ1v) is 7.94. The third kappa shape index (κ3) is 4.84. The summed E-state index contributed by atoms with van der Waals surface area (Å²) in [5.74, 6) is -0.966. The van der Waals surface area contributed by atoms with E-state index in [2.05, 4.69) is 11.4 Å². The standard InChI is InChI=1S/C16H25NO4/c18-14(17-11-8-13-6-2-1-3-7-13)12-21-15(19)16(20)9-4-5-10-16/h6,20H,1-5,7-12H2,(H,17,18). The number of amides is 1. The average molecular weight is 295 g/mol. The zero-order valence-corrected chi connectivity index (χ0v) is 12.5. The highest BCUT2D eigenvalue weighted by molar-refractivity contribution is 5.84. The molecule has 21 heavy (non-hydrogen) atoms. The van der Waals surface area contributed by atoms with Gasteiger partial charge in [-0.3, -0.25) is 4.79 Å². The van der Waals surface area contributed by atoms with Gasteiger partial charge in [0, 0.05) is 6.54 Å². The quantitative estimate of drug-likeness (QED) is 0.579. The first-order valence-electron chi connectivity index (χ1n) is 7.94. The number of nitrogens with one attached hydrogen (secondary N) is 1. The monoisotopic (exact) mass is 295 g/mol. The summed E-state index contributed by atoms with van der Waals surface area (Å²) in [6.07, 6.45) is 10.4. The molecule has 0 aromatic rings. The van der Waals surface area contributed by atoms with Gasteiger partial charge in [0.25, 0.3) is 5.91 Å². The average Bonchev–Trinajstić information content (AvgIpc) is 2.94. The highest BCUT2D eigenvalue weighted by Crippen LogP contribution is 2.30. The number of esters is 1. The number of carbonyl (C=O) groups excluding carboxylic acids is 2. The summed E-state index contributed by atoms with van der Waals surface area (Å²) in [5, 5.41) is 12.8. The molecule has 2 aliphatic rings. The minimum atomic E-state index is -1.37. The largest absolute Gasteiger partial charge is 0.453 e. The highest BCUT2D eigenvalue weighted by Gasteiger charge is 2.40. The van der Waals surface area contributed by atoms with Crippen molar-refractivity contribution in [3.63, 3.8) is 0 Å². The molecule has 0 bridgehead atoms. The minimum Gasteiger partial charge on any atom is -0.453 e. The molecule has 1 fully saturated rings. The van der Waals surface area contributed by atoms with Crippen LogP contribution in [-0.2, 0) is 14.3 Å². The molecule has 0 radical (unpaired) electrons. The van der Waals surface area contributed by atoms with E-state index in [0.29, 0.717) is 19.4 Å². The fourth-order valence-corrected chi connectivity index (χ4v) is 2.97. The molecule has 2 N–H and O–H groups in total. The third-order valence-corrected chi connectivity index (χ3v) is 4.30. The summed E-state index contributed by atoms with van der Waals surface area (Å²) in [5.41, 5.74) is 0.0338. The number of ether oxygens (including phenoxy) is 1. The molecule has 1 amide bonds. The van der Waals surface area contributed by atoms with Crippen molar-refractivity contribution in [2.45, 2.75) is 63.4 Å². The van der Waals surface area contributed by atoms with Gasteiger partial charge in [-0.15, -0.1) is 0 Å². The molecular weight excluding hydrogens is 270 g/mol. The van der Waals surface area contributed by atoms with E-state index in [1.54, 1.807) is 0 Å².